The van der Waals surface area contributed by atoms with Crippen LogP contribution in [-0.4, -0.2) is 31.9 Å². The first-order chi connectivity index (χ1) is 12.1. The number of methoxy groups -OCH3 is 2. The van der Waals surface area contributed by atoms with Gasteiger partial charge in [0.05, 0.1) is 26.4 Å². The molecule has 1 N–H and O–H groups in total. The monoisotopic (exact) mass is 342 g/mol. The molecule has 0 bridgehead atoms. The highest BCUT2D eigenvalue weighted by Crippen LogP contribution is 2.30. The molecule has 5 heteroatoms. The molecule has 0 fully saturated rings. The van der Waals surface area contributed by atoms with Crippen LogP contribution < -0.4 is 14.2 Å². The average Bonchev–Trinajstić information content (AvgIpc) is 2.64. The van der Waals surface area contributed by atoms with Crippen LogP contribution in [0.3, 0.4) is 0 Å². The van der Waals surface area contributed by atoms with Crippen LogP contribution in [0.2, 0.25) is 0 Å². The molecule has 0 aromatic heterocycles. The van der Waals surface area contributed by atoms with E-state index in [1.165, 1.54) is 0 Å². The quantitative estimate of drug-likeness (QED) is 0.577. The van der Waals surface area contributed by atoms with Crippen molar-refractivity contribution >= 4 is 17.6 Å². The maximum atomic E-state index is 11.7. The summed E-state index contributed by atoms with van der Waals surface area (Å²) in [6, 6.07) is 12.2. The van der Waals surface area contributed by atoms with Gasteiger partial charge >= 0.3 is 5.97 Å². The molecule has 0 saturated heterocycles. The predicted octanol–water partition coefficient (Wildman–Crippen LogP) is 4.12. The van der Waals surface area contributed by atoms with E-state index in [0.717, 1.165) is 12.0 Å². The number of rotatable bonds is 8. The van der Waals surface area contributed by atoms with Gasteiger partial charge in [0.1, 0.15) is 5.75 Å². The second-order valence-corrected chi connectivity index (χ2v) is 5.35. The van der Waals surface area contributed by atoms with Gasteiger partial charge in [0.15, 0.2) is 11.5 Å². The fraction of sp³-hybridized carbons (Fsp3) is 0.250. The zero-order valence-electron chi connectivity index (χ0n) is 14.6. The standard InChI is InChI=1S/C20H22O5/c1-4-11-25-19-13-14(5-10-18(19)24-3)12-17(20(21)22)15-6-8-16(23-2)9-7-15/h5-10,12-13H,4,11H2,1-3H3,(H,21,22)/b17-12-. The summed E-state index contributed by atoms with van der Waals surface area (Å²) in [6.45, 7) is 2.58. The molecule has 0 amide bonds. The molecule has 5 nitrogen and oxygen atoms in total. The van der Waals surface area contributed by atoms with Crippen molar-refractivity contribution in [3.63, 3.8) is 0 Å². The predicted molar refractivity (Wildman–Crippen MR) is 97.3 cm³/mol. The molecule has 2 rings (SSSR count). The van der Waals surface area contributed by atoms with Crippen molar-refractivity contribution in [3.8, 4) is 17.2 Å². The Balaban J connectivity index is 2.40. The summed E-state index contributed by atoms with van der Waals surface area (Å²) in [5.74, 6) is 0.884. The molecule has 0 aliphatic heterocycles. The highest BCUT2D eigenvalue weighted by atomic mass is 16.5. The molecule has 0 saturated carbocycles. The van der Waals surface area contributed by atoms with Crippen LogP contribution in [0.4, 0.5) is 0 Å². The highest BCUT2D eigenvalue weighted by molar-refractivity contribution is 6.20. The van der Waals surface area contributed by atoms with Crippen LogP contribution in [-0.2, 0) is 4.79 Å². The van der Waals surface area contributed by atoms with Crippen LogP contribution in [0.5, 0.6) is 17.2 Å². The smallest absolute Gasteiger partial charge is 0.336 e. The lowest BCUT2D eigenvalue weighted by Crippen LogP contribution is -2.01. The van der Waals surface area contributed by atoms with E-state index in [4.69, 9.17) is 14.2 Å². The van der Waals surface area contributed by atoms with Crippen LogP contribution in [0.15, 0.2) is 42.5 Å². The molecule has 0 spiro atoms. The van der Waals surface area contributed by atoms with Crippen molar-refractivity contribution < 1.29 is 24.1 Å². The minimum atomic E-state index is -1.00. The first kappa shape index (κ1) is 18.4. The Hall–Kier alpha value is -2.95. The fourth-order valence-corrected chi connectivity index (χ4v) is 2.31. The van der Waals surface area contributed by atoms with E-state index in [9.17, 15) is 9.90 Å². The Kier molecular flexibility index (Phi) is 6.46. The van der Waals surface area contributed by atoms with Gasteiger partial charge in [0.2, 0.25) is 0 Å². The summed E-state index contributed by atoms with van der Waals surface area (Å²) in [5, 5.41) is 9.57. The summed E-state index contributed by atoms with van der Waals surface area (Å²) in [4.78, 5) is 11.7. The molecule has 0 aliphatic carbocycles. The fourth-order valence-electron chi connectivity index (χ4n) is 2.31. The largest absolute Gasteiger partial charge is 0.497 e. The number of carboxylic acids is 1. The third-order valence-electron chi connectivity index (χ3n) is 3.59. The number of ether oxygens (including phenoxy) is 3. The molecule has 25 heavy (non-hydrogen) atoms. The number of aliphatic carboxylic acids is 1. The molecule has 132 valence electrons. The number of hydrogen-bond acceptors (Lipinski definition) is 4. The van der Waals surface area contributed by atoms with E-state index in [1.807, 2.05) is 6.92 Å². The van der Waals surface area contributed by atoms with Crippen LogP contribution in [0.25, 0.3) is 11.6 Å². The van der Waals surface area contributed by atoms with E-state index < -0.39 is 5.97 Å². The maximum Gasteiger partial charge on any atom is 0.336 e. The molecule has 0 atom stereocenters. The average molecular weight is 342 g/mol. The third kappa shape index (κ3) is 4.76. The van der Waals surface area contributed by atoms with E-state index in [-0.39, 0.29) is 5.57 Å². The first-order valence-corrected chi connectivity index (χ1v) is 7.99. The maximum absolute atomic E-state index is 11.7. The van der Waals surface area contributed by atoms with E-state index in [1.54, 1.807) is 62.8 Å². The lowest BCUT2D eigenvalue weighted by molar-refractivity contribution is -0.130. The Morgan fingerprint density at radius 1 is 1.04 bits per heavy atom. The first-order valence-electron chi connectivity index (χ1n) is 7.99. The summed E-state index contributed by atoms with van der Waals surface area (Å²) in [6.07, 6.45) is 2.48. The molecule has 0 radical (unpaired) electrons. The second kappa shape index (κ2) is 8.78. The summed E-state index contributed by atoms with van der Waals surface area (Å²) >= 11 is 0. The van der Waals surface area contributed by atoms with Crippen LogP contribution >= 0.6 is 0 Å². The topological polar surface area (TPSA) is 65.0 Å². The van der Waals surface area contributed by atoms with Crippen molar-refractivity contribution in [1.82, 2.24) is 0 Å². The summed E-state index contributed by atoms with van der Waals surface area (Å²) in [5.41, 5.74) is 1.51. The normalized spacial score (nSPS) is 11.1. The summed E-state index contributed by atoms with van der Waals surface area (Å²) < 4.78 is 16.1. The minimum Gasteiger partial charge on any atom is -0.497 e. The van der Waals surface area contributed by atoms with Gasteiger partial charge in [-0.25, -0.2) is 4.79 Å². The van der Waals surface area contributed by atoms with E-state index in [0.29, 0.717) is 29.4 Å². The van der Waals surface area contributed by atoms with Gasteiger partial charge in [-0.2, -0.15) is 0 Å². The molecular weight excluding hydrogens is 320 g/mol. The van der Waals surface area contributed by atoms with E-state index >= 15 is 0 Å². The van der Waals surface area contributed by atoms with Gasteiger partial charge < -0.3 is 19.3 Å². The minimum absolute atomic E-state index is 0.189. The second-order valence-electron chi connectivity index (χ2n) is 5.35. The van der Waals surface area contributed by atoms with Crippen molar-refractivity contribution in [2.24, 2.45) is 0 Å². The molecule has 0 aliphatic rings. The van der Waals surface area contributed by atoms with Crippen molar-refractivity contribution in [2.45, 2.75) is 13.3 Å². The van der Waals surface area contributed by atoms with Gasteiger partial charge in [-0.05, 0) is 47.9 Å². The molecule has 0 unspecified atom stereocenters. The Bertz CT molecular complexity index is 747. The lowest BCUT2D eigenvalue weighted by atomic mass is 10.0. The van der Waals surface area contributed by atoms with E-state index in [2.05, 4.69) is 0 Å². The van der Waals surface area contributed by atoms with Gasteiger partial charge in [-0.15, -0.1) is 0 Å². The van der Waals surface area contributed by atoms with Gasteiger partial charge in [0, 0.05) is 0 Å². The van der Waals surface area contributed by atoms with Crippen LogP contribution in [0, 0.1) is 0 Å². The lowest BCUT2D eigenvalue weighted by Gasteiger charge is -2.11. The zero-order chi connectivity index (χ0) is 18.2. The molecule has 2 aromatic rings. The number of carboxylic acid groups (broad SMARTS) is 1. The zero-order valence-corrected chi connectivity index (χ0v) is 14.6. The third-order valence-corrected chi connectivity index (χ3v) is 3.59. The van der Waals surface area contributed by atoms with Gasteiger partial charge in [-0.1, -0.05) is 25.1 Å². The Morgan fingerprint density at radius 3 is 2.32 bits per heavy atom. The van der Waals surface area contributed by atoms with Gasteiger partial charge in [-0.3, -0.25) is 0 Å². The molecule has 0 heterocycles. The van der Waals surface area contributed by atoms with Crippen molar-refractivity contribution in [1.29, 1.82) is 0 Å². The Labute approximate surface area is 147 Å². The van der Waals surface area contributed by atoms with Crippen molar-refractivity contribution in [2.75, 3.05) is 20.8 Å². The summed E-state index contributed by atoms with van der Waals surface area (Å²) in [7, 11) is 3.14. The highest BCUT2D eigenvalue weighted by Gasteiger charge is 2.12. The molecule has 2 aromatic carbocycles. The van der Waals surface area contributed by atoms with Crippen LogP contribution in [0.1, 0.15) is 24.5 Å². The Morgan fingerprint density at radius 2 is 1.76 bits per heavy atom. The van der Waals surface area contributed by atoms with Gasteiger partial charge in [0.25, 0.3) is 0 Å². The van der Waals surface area contributed by atoms with Crippen molar-refractivity contribution in [3.05, 3.63) is 53.6 Å². The molecular formula is C20H22O5. The SMILES string of the molecule is CCCOc1cc(/C=C(\C(=O)O)c2ccc(OC)cc2)ccc1OC. The number of benzene rings is 2. The number of carbonyl (C=O) groups is 1. The number of hydrogen-bond donors (Lipinski definition) is 1.